The first-order chi connectivity index (χ1) is 9.17. The molecule has 3 nitrogen and oxygen atoms in total. The van der Waals surface area contributed by atoms with Crippen LogP contribution < -0.4 is 5.32 Å². The predicted octanol–water partition coefficient (Wildman–Crippen LogP) is 2.99. The van der Waals surface area contributed by atoms with Gasteiger partial charge in [0.1, 0.15) is 5.75 Å². The molecule has 0 spiro atoms. The van der Waals surface area contributed by atoms with Crippen molar-refractivity contribution in [2.24, 2.45) is 5.41 Å². The molecule has 1 aromatic carbocycles. The van der Waals surface area contributed by atoms with Crippen molar-refractivity contribution in [3.8, 4) is 5.75 Å². The van der Waals surface area contributed by atoms with Crippen molar-refractivity contribution in [1.82, 2.24) is 10.2 Å². The lowest BCUT2D eigenvalue weighted by molar-refractivity contribution is 0.0271. The van der Waals surface area contributed by atoms with Gasteiger partial charge in [0, 0.05) is 31.2 Å². The number of piperazine rings is 1. The predicted molar refractivity (Wildman–Crippen MR) is 83.8 cm³/mol. The lowest BCUT2D eigenvalue weighted by atomic mass is 9.82. The number of phenolic OH excluding ortho intramolecular Hbond substituents is 1. The Kier molecular flexibility index (Phi) is 4.12. The zero-order chi connectivity index (χ0) is 15.0. The lowest BCUT2D eigenvalue weighted by Crippen LogP contribution is -2.64. The van der Waals surface area contributed by atoms with Gasteiger partial charge in [0.05, 0.1) is 0 Å². The Hall–Kier alpha value is -1.06. The van der Waals surface area contributed by atoms with Gasteiger partial charge in [-0.15, -0.1) is 0 Å². The normalized spacial score (nSPS) is 23.8. The summed E-state index contributed by atoms with van der Waals surface area (Å²) < 4.78 is 0. The Morgan fingerprint density at radius 3 is 2.65 bits per heavy atom. The summed E-state index contributed by atoms with van der Waals surface area (Å²) in [5, 5.41) is 13.3. The smallest absolute Gasteiger partial charge is 0.115 e. The van der Waals surface area contributed by atoms with E-state index in [0.29, 0.717) is 11.8 Å². The minimum absolute atomic E-state index is 0.137. The average molecular weight is 276 g/mol. The third kappa shape index (κ3) is 3.74. The SMILES string of the molecule is CC1(C)CN(Cc2cccc(O)c2)C(C(C)(C)C)CN1. The third-order valence-electron chi connectivity index (χ3n) is 4.11. The fraction of sp³-hybridized carbons (Fsp3) is 0.647. The molecule has 0 radical (unpaired) electrons. The number of rotatable bonds is 2. The van der Waals surface area contributed by atoms with E-state index in [-0.39, 0.29) is 11.0 Å². The molecule has 1 saturated heterocycles. The number of benzene rings is 1. The largest absolute Gasteiger partial charge is 0.508 e. The maximum absolute atomic E-state index is 9.64. The van der Waals surface area contributed by atoms with Gasteiger partial charge >= 0.3 is 0 Å². The second-order valence-electron chi connectivity index (χ2n) is 7.72. The monoisotopic (exact) mass is 276 g/mol. The molecular weight excluding hydrogens is 248 g/mol. The molecule has 0 amide bonds. The fourth-order valence-corrected chi connectivity index (χ4v) is 3.09. The molecule has 1 aromatic rings. The van der Waals surface area contributed by atoms with Gasteiger partial charge in [0.15, 0.2) is 0 Å². The van der Waals surface area contributed by atoms with E-state index in [9.17, 15) is 5.11 Å². The molecule has 2 rings (SSSR count). The van der Waals surface area contributed by atoms with E-state index in [1.54, 1.807) is 6.07 Å². The van der Waals surface area contributed by atoms with E-state index in [2.05, 4.69) is 50.9 Å². The zero-order valence-corrected chi connectivity index (χ0v) is 13.4. The highest BCUT2D eigenvalue weighted by atomic mass is 16.3. The van der Waals surface area contributed by atoms with Crippen LogP contribution in [0.25, 0.3) is 0 Å². The molecule has 0 bridgehead atoms. The summed E-state index contributed by atoms with van der Waals surface area (Å²) in [5.41, 5.74) is 1.55. The summed E-state index contributed by atoms with van der Waals surface area (Å²) in [6, 6.07) is 8.11. The van der Waals surface area contributed by atoms with E-state index >= 15 is 0 Å². The van der Waals surface area contributed by atoms with Crippen molar-refractivity contribution in [3.05, 3.63) is 29.8 Å². The minimum atomic E-state index is 0.137. The number of phenols is 1. The van der Waals surface area contributed by atoms with Crippen molar-refractivity contribution in [2.75, 3.05) is 13.1 Å². The molecule has 1 heterocycles. The molecular formula is C17H28N2O. The molecule has 112 valence electrons. The molecule has 0 saturated carbocycles. The maximum Gasteiger partial charge on any atom is 0.115 e. The molecule has 1 fully saturated rings. The maximum atomic E-state index is 9.64. The zero-order valence-electron chi connectivity index (χ0n) is 13.4. The minimum Gasteiger partial charge on any atom is -0.508 e. The van der Waals surface area contributed by atoms with Crippen LogP contribution in [-0.2, 0) is 6.54 Å². The van der Waals surface area contributed by atoms with Crippen LogP contribution in [0, 0.1) is 5.41 Å². The van der Waals surface area contributed by atoms with Crippen LogP contribution in [0.4, 0.5) is 0 Å². The molecule has 20 heavy (non-hydrogen) atoms. The van der Waals surface area contributed by atoms with Gasteiger partial charge in [-0.2, -0.15) is 0 Å². The first-order valence-electron chi connectivity index (χ1n) is 7.44. The van der Waals surface area contributed by atoms with Gasteiger partial charge in [-0.05, 0) is 37.0 Å². The second-order valence-corrected chi connectivity index (χ2v) is 7.72. The molecule has 1 unspecified atom stereocenters. The first kappa shape index (κ1) is 15.3. The highest BCUT2D eigenvalue weighted by Gasteiger charge is 2.38. The van der Waals surface area contributed by atoms with Crippen LogP contribution in [0.5, 0.6) is 5.75 Å². The lowest BCUT2D eigenvalue weighted by Gasteiger charge is -2.49. The van der Waals surface area contributed by atoms with Crippen molar-refractivity contribution >= 4 is 0 Å². The van der Waals surface area contributed by atoms with E-state index in [1.165, 1.54) is 5.56 Å². The van der Waals surface area contributed by atoms with Gasteiger partial charge in [-0.25, -0.2) is 0 Å². The Morgan fingerprint density at radius 2 is 2.05 bits per heavy atom. The molecule has 2 N–H and O–H groups in total. The van der Waals surface area contributed by atoms with Gasteiger partial charge in [0.2, 0.25) is 0 Å². The van der Waals surface area contributed by atoms with Crippen LogP contribution in [0.3, 0.4) is 0 Å². The van der Waals surface area contributed by atoms with E-state index in [0.717, 1.165) is 19.6 Å². The topological polar surface area (TPSA) is 35.5 Å². The quantitative estimate of drug-likeness (QED) is 0.871. The van der Waals surface area contributed by atoms with Gasteiger partial charge in [-0.1, -0.05) is 32.9 Å². The van der Waals surface area contributed by atoms with E-state index in [1.807, 2.05) is 12.1 Å². The Bertz CT molecular complexity index is 462. The Labute approximate surface area is 123 Å². The van der Waals surface area contributed by atoms with Crippen LogP contribution in [0.1, 0.15) is 40.2 Å². The van der Waals surface area contributed by atoms with Crippen LogP contribution >= 0.6 is 0 Å². The standard InChI is InChI=1S/C17H28N2O/c1-16(2,3)15-10-18-17(4,5)12-19(15)11-13-7-6-8-14(20)9-13/h6-9,15,18,20H,10-12H2,1-5H3. The molecule has 0 aliphatic carbocycles. The number of aromatic hydroxyl groups is 1. The number of hydrogen-bond acceptors (Lipinski definition) is 3. The first-order valence-corrected chi connectivity index (χ1v) is 7.44. The van der Waals surface area contributed by atoms with Gasteiger partial charge in [-0.3, -0.25) is 4.90 Å². The summed E-state index contributed by atoms with van der Waals surface area (Å²) in [6.45, 7) is 14.3. The molecule has 0 aromatic heterocycles. The summed E-state index contributed by atoms with van der Waals surface area (Å²) in [7, 11) is 0. The van der Waals surface area contributed by atoms with E-state index < -0.39 is 0 Å². The molecule has 1 aliphatic rings. The molecule has 1 atom stereocenters. The number of nitrogens with zero attached hydrogens (tertiary/aromatic N) is 1. The van der Waals surface area contributed by atoms with Crippen LogP contribution in [-0.4, -0.2) is 34.7 Å². The summed E-state index contributed by atoms with van der Waals surface area (Å²) >= 11 is 0. The van der Waals surface area contributed by atoms with Gasteiger partial charge in [0.25, 0.3) is 0 Å². The van der Waals surface area contributed by atoms with Crippen LogP contribution in [0.15, 0.2) is 24.3 Å². The van der Waals surface area contributed by atoms with Crippen molar-refractivity contribution in [2.45, 2.75) is 52.7 Å². The molecule has 1 aliphatic heterocycles. The summed E-state index contributed by atoms with van der Waals surface area (Å²) in [6.07, 6.45) is 0. The van der Waals surface area contributed by atoms with Crippen molar-refractivity contribution in [1.29, 1.82) is 0 Å². The Balaban J connectivity index is 2.19. The fourth-order valence-electron chi connectivity index (χ4n) is 3.09. The number of nitrogens with one attached hydrogen (secondary N) is 1. The van der Waals surface area contributed by atoms with Crippen molar-refractivity contribution in [3.63, 3.8) is 0 Å². The summed E-state index contributed by atoms with van der Waals surface area (Å²) in [5.74, 6) is 0.351. The Morgan fingerprint density at radius 1 is 1.35 bits per heavy atom. The van der Waals surface area contributed by atoms with Gasteiger partial charge < -0.3 is 10.4 Å². The van der Waals surface area contributed by atoms with Crippen LogP contribution in [0.2, 0.25) is 0 Å². The second kappa shape index (κ2) is 5.38. The summed E-state index contributed by atoms with van der Waals surface area (Å²) in [4.78, 5) is 2.55. The average Bonchev–Trinajstić information content (AvgIpc) is 2.25. The highest BCUT2D eigenvalue weighted by molar-refractivity contribution is 5.27. The van der Waals surface area contributed by atoms with Crippen molar-refractivity contribution < 1.29 is 5.11 Å². The highest BCUT2D eigenvalue weighted by Crippen LogP contribution is 2.30. The van der Waals surface area contributed by atoms with E-state index in [4.69, 9.17) is 0 Å². The molecule has 3 heteroatoms. The number of hydrogen-bond donors (Lipinski definition) is 2. The third-order valence-corrected chi connectivity index (χ3v) is 4.11.